The molecule has 3 heteroatoms. The second kappa shape index (κ2) is 5.40. The summed E-state index contributed by atoms with van der Waals surface area (Å²) < 4.78 is 1.11. The summed E-state index contributed by atoms with van der Waals surface area (Å²) in [6, 6.07) is 7.31. The van der Waals surface area contributed by atoms with Crippen molar-refractivity contribution in [3.63, 3.8) is 0 Å². The molecule has 1 aliphatic rings. The smallest absolute Gasteiger partial charge is 0.0417 e. The summed E-state index contributed by atoms with van der Waals surface area (Å²) in [7, 11) is 0. The fraction of sp³-hybridized carbons (Fsp3) is 0.571. The van der Waals surface area contributed by atoms with Gasteiger partial charge >= 0.3 is 0 Å². The molecule has 0 saturated heterocycles. The van der Waals surface area contributed by atoms with Gasteiger partial charge in [-0.1, -0.05) is 22.9 Å². The summed E-state index contributed by atoms with van der Waals surface area (Å²) in [5.41, 5.74) is 8.67. The van der Waals surface area contributed by atoms with E-state index in [4.69, 9.17) is 5.73 Å². The van der Waals surface area contributed by atoms with E-state index < -0.39 is 0 Å². The Hall–Kier alpha value is -0.540. The van der Waals surface area contributed by atoms with Gasteiger partial charge in [0, 0.05) is 28.8 Å². The number of hydrogen-bond acceptors (Lipinski definition) is 2. The lowest BCUT2D eigenvalue weighted by Gasteiger charge is -2.28. The molecule has 1 aromatic rings. The molecule has 2 nitrogen and oxygen atoms in total. The van der Waals surface area contributed by atoms with Gasteiger partial charge < -0.3 is 10.6 Å². The van der Waals surface area contributed by atoms with Gasteiger partial charge in [0.1, 0.15) is 0 Å². The van der Waals surface area contributed by atoms with Crippen LogP contribution in [0.2, 0.25) is 0 Å². The number of hydrogen-bond donors (Lipinski definition) is 1. The fourth-order valence-electron chi connectivity index (χ4n) is 2.28. The fourth-order valence-corrected chi connectivity index (χ4v) is 2.66. The van der Waals surface area contributed by atoms with Crippen LogP contribution in [-0.2, 0) is 0 Å². The second-order valence-electron chi connectivity index (χ2n) is 4.92. The lowest BCUT2D eigenvalue weighted by molar-refractivity contribution is 0.740. The van der Waals surface area contributed by atoms with Gasteiger partial charge in [-0.2, -0.15) is 0 Å². The number of benzene rings is 1. The Balaban J connectivity index is 2.34. The molecule has 1 aliphatic carbocycles. The van der Waals surface area contributed by atoms with E-state index >= 15 is 0 Å². The molecule has 17 heavy (non-hydrogen) atoms. The van der Waals surface area contributed by atoms with Crippen molar-refractivity contribution in [1.29, 1.82) is 0 Å². The first kappa shape index (κ1) is 12.9. The number of halogens is 1. The lowest BCUT2D eigenvalue weighted by Crippen LogP contribution is -2.28. The van der Waals surface area contributed by atoms with Crippen molar-refractivity contribution in [2.45, 2.75) is 45.2 Å². The third-order valence-electron chi connectivity index (χ3n) is 3.24. The number of nitrogens with two attached hydrogens (primary N) is 1. The Kier molecular flexibility index (Phi) is 4.10. The van der Waals surface area contributed by atoms with Crippen molar-refractivity contribution in [3.05, 3.63) is 28.2 Å². The van der Waals surface area contributed by atoms with Crippen molar-refractivity contribution in [2.24, 2.45) is 5.73 Å². The molecule has 0 aromatic heterocycles. The van der Waals surface area contributed by atoms with Crippen LogP contribution in [0.5, 0.6) is 0 Å². The van der Waals surface area contributed by atoms with Crippen LogP contribution < -0.4 is 10.6 Å². The van der Waals surface area contributed by atoms with E-state index in [0.29, 0.717) is 0 Å². The normalized spacial score (nSPS) is 16.9. The lowest BCUT2D eigenvalue weighted by atomic mass is 10.1. The Bertz CT molecular complexity index is 386. The van der Waals surface area contributed by atoms with Crippen LogP contribution in [0.3, 0.4) is 0 Å². The average Bonchev–Trinajstić information content (AvgIpc) is 3.10. The van der Waals surface area contributed by atoms with E-state index in [1.807, 2.05) is 0 Å². The third-order valence-corrected chi connectivity index (χ3v) is 3.73. The summed E-state index contributed by atoms with van der Waals surface area (Å²) in [6.07, 6.45) is 3.84. The first-order valence-corrected chi connectivity index (χ1v) is 7.24. The average molecular weight is 297 g/mol. The highest BCUT2D eigenvalue weighted by Crippen LogP contribution is 2.36. The molecule has 1 unspecified atom stereocenters. The van der Waals surface area contributed by atoms with Crippen LogP contribution in [0.1, 0.15) is 44.7 Å². The van der Waals surface area contributed by atoms with Crippen LogP contribution in [0.4, 0.5) is 5.69 Å². The van der Waals surface area contributed by atoms with E-state index in [2.05, 4.69) is 52.9 Å². The van der Waals surface area contributed by atoms with Crippen LogP contribution in [0, 0.1) is 0 Å². The van der Waals surface area contributed by atoms with E-state index in [1.165, 1.54) is 30.5 Å². The summed E-state index contributed by atoms with van der Waals surface area (Å²) in [4.78, 5) is 2.53. The number of nitrogens with zero attached hydrogens (tertiary/aromatic N) is 1. The van der Waals surface area contributed by atoms with Crippen molar-refractivity contribution >= 4 is 21.6 Å². The van der Waals surface area contributed by atoms with Crippen LogP contribution >= 0.6 is 15.9 Å². The molecular formula is C14H21BrN2. The molecule has 1 aromatic carbocycles. The minimum absolute atomic E-state index is 0.0839. The maximum atomic E-state index is 6.09. The topological polar surface area (TPSA) is 29.3 Å². The van der Waals surface area contributed by atoms with Gasteiger partial charge in [0.25, 0.3) is 0 Å². The molecule has 0 bridgehead atoms. The van der Waals surface area contributed by atoms with Gasteiger partial charge in [-0.15, -0.1) is 0 Å². The van der Waals surface area contributed by atoms with E-state index in [1.54, 1.807) is 0 Å². The van der Waals surface area contributed by atoms with Crippen LogP contribution in [0.25, 0.3) is 0 Å². The Morgan fingerprint density at radius 3 is 2.71 bits per heavy atom. The SMILES string of the molecule is CCCN(c1ccc(Br)cc1C(C)N)C1CC1. The van der Waals surface area contributed by atoms with Crippen molar-refractivity contribution in [1.82, 2.24) is 0 Å². The minimum Gasteiger partial charge on any atom is -0.368 e. The standard InChI is InChI=1S/C14H21BrN2/c1-3-8-17(12-5-6-12)14-7-4-11(15)9-13(14)10(2)16/h4,7,9-10,12H,3,5-6,8,16H2,1-2H3. The molecule has 0 amide bonds. The van der Waals surface area contributed by atoms with Gasteiger partial charge in [0.15, 0.2) is 0 Å². The van der Waals surface area contributed by atoms with Crippen molar-refractivity contribution < 1.29 is 0 Å². The molecule has 0 radical (unpaired) electrons. The van der Waals surface area contributed by atoms with E-state index in [-0.39, 0.29) is 6.04 Å². The Morgan fingerprint density at radius 1 is 1.47 bits per heavy atom. The molecule has 2 N–H and O–H groups in total. The summed E-state index contributed by atoms with van der Waals surface area (Å²) >= 11 is 3.53. The largest absolute Gasteiger partial charge is 0.368 e. The van der Waals surface area contributed by atoms with Gasteiger partial charge in [-0.05, 0) is 49.9 Å². The predicted molar refractivity (Wildman–Crippen MR) is 77.4 cm³/mol. The highest BCUT2D eigenvalue weighted by atomic mass is 79.9. The third kappa shape index (κ3) is 3.02. The number of rotatable bonds is 5. The van der Waals surface area contributed by atoms with Crippen molar-refractivity contribution in [3.8, 4) is 0 Å². The van der Waals surface area contributed by atoms with Gasteiger partial charge in [-0.25, -0.2) is 0 Å². The first-order valence-electron chi connectivity index (χ1n) is 6.45. The van der Waals surface area contributed by atoms with Crippen molar-refractivity contribution in [2.75, 3.05) is 11.4 Å². The molecule has 94 valence electrons. The van der Waals surface area contributed by atoms with E-state index in [0.717, 1.165) is 17.1 Å². The summed E-state index contributed by atoms with van der Waals surface area (Å²) in [6.45, 7) is 5.42. The second-order valence-corrected chi connectivity index (χ2v) is 5.83. The van der Waals surface area contributed by atoms with Gasteiger partial charge in [0.2, 0.25) is 0 Å². The first-order chi connectivity index (χ1) is 8.13. The highest BCUT2D eigenvalue weighted by molar-refractivity contribution is 9.10. The molecular weight excluding hydrogens is 276 g/mol. The number of anilines is 1. The zero-order valence-corrected chi connectivity index (χ0v) is 12.2. The zero-order valence-electron chi connectivity index (χ0n) is 10.6. The van der Waals surface area contributed by atoms with E-state index in [9.17, 15) is 0 Å². The summed E-state index contributed by atoms with van der Waals surface area (Å²) in [5.74, 6) is 0. The molecule has 1 saturated carbocycles. The molecule has 1 atom stereocenters. The maximum Gasteiger partial charge on any atom is 0.0417 e. The maximum absolute atomic E-state index is 6.09. The minimum atomic E-state index is 0.0839. The monoisotopic (exact) mass is 296 g/mol. The van der Waals surface area contributed by atoms with Crippen LogP contribution in [-0.4, -0.2) is 12.6 Å². The molecule has 0 heterocycles. The highest BCUT2D eigenvalue weighted by Gasteiger charge is 2.30. The molecule has 0 aliphatic heterocycles. The Labute approximate surface area is 112 Å². The zero-order chi connectivity index (χ0) is 12.4. The molecule has 0 spiro atoms. The quantitative estimate of drug-likeness (QED) is 0.894. The predicted octanol–water partition coefficient (Wildman–Crippen LogP) is 3.85. The summed E-state index contributed by atoms with van der Waals surface area (Å²) in [5, 5.41) is 0. The molecule has 1 fully saturated rings. The van der Waals surface area contributed by atoms with Gasteiger partial charge in [0.05, 0.1) is 0 Å². The van der Waals surface area contributed by atoms with Crippen LogP contribution in [0.15, 0.2) is 22.7 Å². The van der Waals surface area contributed by atoms with Gasteiger partial charge in [-0.3, -0.25) is 0 Å². The molecule has 2 rings (SSSR count). The Morgan fingerprint density at radius 2 is 2.18 bits per heavy atom.